The van der Waals surface area contributed by atoms with E-state index in [0.717, 1.165) is 11.3 Å². The SMILES string of the molecule is CNC(C)c1ccc(C)nc1OC. The van der Waals surface area contributed by atoms with Crippen molar-refractivity contribution >= 4 is 0 Å². The van der Waals surface area contributed by atoms with Crippen molar-refractivity contribution < 1.29 is 4.74 Å². The average molecular weight is 180 g/mol. The van der Waals surface area contributed by atoms with E-state index in [-0.39, 0.29) is 6.04 Å². The van der Waals surface area contributed by atoms with Crippen LogP contribution in [0.5, 0.6) is 5.88 Å². The number of aromatic nitrogens is 1. The first kappa shape index (κ1) is 9.99. The van der Waals surface area contributed by atoms with E-state index < -0.39 is 0 Å². The molecule has 0 aliphatic carbocycles. The summed E-state index contributed by atoms with van der Waals surface area (Å²) in [5.74, 6) is 0.710. The number of methoxy groups -OCH3 is 1. The van der Waals surface area contributed by atoms with Crippen LogP contribution in [-0.4, -0.2) is 19.1 Å². The number of hydrogen-bond donors (Lipinski definition) is 1. The Morgan fingerprint density at radius 3 is 2.69 bits per heavy atom. The summed E-state index contributed by atoms with van der Waals surface area (Å²) in [6.45, 7) is 4.03. The third-order valence-corrected chi connectivity index (χ3v) is 2.12. The van der Waals surface area contributed by atoms with Gasteiger partial charge in [-0.05, 0) is 27.0 Å². The van der Waals surface area contributed by atoms with Crippen LogP contribution in [0.3, 0.4) is 0 Å². The van der Waals surface area contributed by atoms with Gasteiger partial charge < -0.3 is 10.1 Å². The maximum atomic E-state index is 5.20. The normalized spacial score (nSPS) is 12.6. The van der Waals surface area contributed by atoms with E-state index in [0.29, 0.717) is 5.88 Å². The molecular formula is C10H16N2O. The van der Waals surface area contributed by atoms with Crippen LogP contribution in [0.15, 0.2) is 12.1 Å². The number of nitrogens with one attached hydrogen (secondary N) is 1. The van der Waals surface area contributed by atoms with Crippen LogP contribution in [0.25, 0.3) is 0 Å². The summed E-state index contributed by atoms with van der Waals surface area (Å²) in [4.78, 5) is 4.30. The highest BCUT2D eigenvalue weighted by Crippen LogP contribution is 2.22. The van der Waals surface area contributed by atoms with Gasteiger partial charge in [0, 0.05) is 17.3 Å². The minimum atomic E-state index is 0.267. The van der Waals surface area contributed by atoms with Crippen LogP contribution in [0.2, 0.25) is 0 Å². The van der Waals surface area contributed by atoms with Crippen molar-refractivity contribution in [2.75, 3.05) is 14.2 Å². The van der Waals surface area contributed by atoms with E-state index >= 15 is 0 Å². The lowest BCUT2D eigenvalue weighted by Gasteiger charge is -2.13. The molecule has 1 aromatic heterocycles. The Morgan fingerprint density at radius 1 is 1.46 bits per heavy atom. The number of aryl methyl sites for hydroxylation is 1. The summed E-state index contributed by atoms with van der Waals surface area (Å²) in [5.41, 5.74) is 2.07. The van der Waals surface area contributed by atoms with Crippen molar-refractivity contribution in [3.63, 3.8) is 0 Å². The molecule has 0 spiro atoms. The molecule has 72 valence electrons. The third kappa shape index (κ3) is 2.18. The molecule has 0 amide bonds. The predicted molar refractivity (Wildman–Crippen MR) is 53.0 cm³/mol. The van der Waals surface area contributed by atoms with Crippen molar-refractivity contribution in [3.05, 3.63) is 23.4 Å². The molecular weight excluding hydrogens is 164 g/mol. The molecule has 0 saturated carbocycles. The summed E-state index contributed by atoms with van der Waals surface area (Å²) in [5, 5.41) is 3.16. The monoisotopic (exact) mass is 180 g/mol. The summed E-state index contributed by atoms with van der Waals surface area (Å²) in [6, 6.07) is 4.30. The predicted octanol–water partition coefficient (Wildman–Crippen LogP) is 1.68. The van der Waals surface area contributed by atoms with Crippen molar-refractivity contribution in [3.8, 4) is 5.88 Å². The Labute approximate surface area is 79.1 Å². The van der Waals surface area contributed by atoms with Gasteiger partial charge in [0.25, 0.3) is 0 Å². The molecule has 0 aliphatic rings. The molecule has 1 heterocycles. The van der Waals surface area contributed by atoms with Gasteiger partial charge in [0.05, 0.1) is 7.11 Å². The Balaban J connectivity index is 3.05. The number of ether oxygens (including phenoxy) is 1. The topological polar surface area (TPSA) is 34.2 Å². The van der Waals surface area contributed by atoms with E-state index in [2.05, 4.69) is 17.2 Å². The van der Waals surface area contributed by atoms with E-state index in [1.165, 1.54) is 0 Å². The summed E-state index contributed by atoms with van der Waals surface area (Å²) >= 11 is 0. The van der Waals surface area contributed by atoms with E-state index in [9.17, 15) is 0 Å². The van der Waals surface area contributed by atoms with Gasteiger partial charge in [-0.15, -0.1) is 0 Å². The maximum Gasteiger partial charge on any atom is 0.218 e. The second-order valence-electron chi connectivity index (χ2n) is 3.06. The summed E-state index contributed by atoms with van der Waals surface area (Å²) in [6.07, 6.45) is 0. The molecule has 0 radical (unpaired) electrons. The fourth-order valence-electron chi connectivity index (χ4n) is 1.19. The zero-order valence-electron chi connectivity index (χ0n) is 8.59. The first-order chi connectivity index (χ1) is 6.19. The first-order valence-electron chi connectivity index (χ1n) is 4.37. The van der Waals surface area contributed by atoms with Gasteiger partial charge >= 0.3 is 0 Å². The van der Waals surface area contributed by atoms with E-state index in [1.807, 2.05) is 26.1 Å². The van der Waals surface area contributed by atoms with Gasteiger partial charge in [-0.3, -0.25) is 0 Å². The molecule has 1 atom stereocenters. The van der Waals surface area contributed by atoms with Crippen molar-refractivity contribution in [2.24, 2.45) is 0 Å². The van der Waals surface area contributed by atoms with Gasteiger partial charge in [0.15, 0.2) is 0 Å². The lowest BCUT2D eigenvalue weighted by atomic mass is 10.1. The Hall–Kier alpha value is -1.09. The van der Waals surface area contributed by atoms with Gasteiger partial charge in [0.1, 0.15) is 0 Å². The van der Waals surface area contributed by atoms with Gasteiger partial charge in [-0.1, -0.05) is 6.07 Å². The van der Waals surface area contributed by atoms with Gasteiger partial charge in [-0.25, -0.2) is 4.98 Å². The lowest BCUT2D eigenvalue weighted by molar-refractivity contribution is 0.386. The third-order valence-electron chi connectivity index (χ3n) is 2.12. The zero-order chi connectivity index (χ0) is 9.84. The molecule has 3 nitrogen and oxygen atoms in total. The number of pyridine rings is 1. The highest BCUT2D eigenvalue weighted by atomic mass is 16.5. The largest absolute Gasteiger partial charge is 0.481 e. The number of rotatable bonds is 3. The van der Waals surface area contributed by atoms with E-state index in [1.54, 1.807) is 7.11 Å². The summed E-state index contributed by atoms with van der Waals surface area (Å²) in [7, 11) is 3.57. The fraction of sp³-hybridized carbons (Fsp3) is 0.500. The second-order valence-corrected chi connectivity index (χ2v) is 3.06. The van der Waals surface area contributed by atoms with Gasteiger partial charge in [-0.2, -0.15) is 0 Å². The Bertz CT molecular complexity index is 286. The highest BCUT2D eigenvalue weighted by molar-refractivity contribution is 5.30. The molecule has 0 bridgehead atoms. The minimum absolute atomic E-state index is 0.267. The van der Waals surface area contributed by atoms with Crippen LogP contribution in [0.4, 0.5) is 0 Å². The van der Waals surface area contributed by atoms with Crippen LogP contribution in [0.1, 0.15) is 24.2 Å². The van der Waals surface area contributed by atoms with E-state index in [4.69, 9.17) is 4.74 Å². The Morgan fingerprint density at radius 2 is 2.15 bits per heavy atom. The standard InChI is InChI=1S/C10H16N2O/c1-7-5-6-9(8(2)11-3)10(12-7)13-4/h5-6,8,11H,1-4H3. The summed E-state index contributed by atoms with van der Waals surface area (Å²) < 4.78 is 5.20. The first-order valence-corrected chi connectivity index (χ1v) is 4.37. The Kier molecular flexibility index (Phi) is 3.25. The molecule has 0 aliphatic heterocycles. The van der Waals surface area contributed by atoms with Crippen LogP contribution in [-0.2, 0) is 0 Å². The van der Waals surface area contributed by atoms with Gasteiger partial charge in [0.2, 0.25) is 5.88 Å². The van der Waals surface area contributed by atoms with Crippen molar-refractivity contribution in [1.29, 1.82) is 0 Å². The van der Waals surface area contributed by atoms with Crippen molar-refractivity contribution in [2.45, 2.75) is 19.9 Å². The zero-order valence-corrected chi connectivity index (χ0v) is 8.59. The molecule has 3 heteroatoms. The van der Waals surface area contributed by atoms with Crippen molar-refractivity contribution in [1.82, 2.24) is 10.3 Å². The highest BCUT2D eigenvalue weighted by Gasteiger charge is 2.10. The molecule has 0 aromatic carbocycles. The number of nitrogens with zero attached hydrogens (tertiary/aromatic N) is 1. The molecule has 1 N–H and O–H groups in total. The smallest absolute Gasteiger partial charge is 0.218 e. The minimum Gasteiger partial charge on any atom is -0.481 e. The lowest BCUT2D eigenvalue weighted by Crippen LogP contribution is -2.14. The maximum absolute atomic E-state index is 5.20. The molecule has 1 rings (SSSR count). The van der Waals surface area contributed by atoms with Crippen LogP contribution >= 0.6 is 0 Å². The average Bonchev–Trinajstić information content (AvgIpc) is 2.16. The quantitative estimate of drug-likeness (QED) is 0.768. The van der Waals surface area contributed by atoms with Crippen LogP contribution in [0, 0.1) is 6.92 Å². The molecule has 1 aromatic rings. The molecule has 13 heavy (non-hydrogen) atoms. The van der Waals surface area contributed by atoms with Crippen LogP contribution < -0.4 is 10.1 Å². The molecule has 1 unspecified atom stereocenters. The fourth-order valence-corrected chi connectivity index (χ4v) is 1.19. The molecule has 0 fully saturated rings. The molecule has 0 saturated heterocycles. The number of hydrogen-bond acceptors (Lipinski definition) is 3. The second kappa shape index (κ2) is 4.23.